The summed E-state index contributed by atoms with van der Waals surface area (Å²) < 4.78 is 10.5. The molecule has 0 bridgehead atoms. The molecule has 1 aromatic rings. The summed E-state index contributed by atoms with van der Waals surface area (Å²) in [4.78, 5) is 22.2. The number of hydrogen-bond donors (Lipinski definition) is 2. The van der Waals surface area contributed by atoms with Crippen molar-refractivity contribution in [2.75, 3.05) is 13.7 Å². The van der Waals surface area contributed by atoms with Crippen LogP contribution < -0.4 is 15.6 Å². The van der Waals surface area contributed by atoms with Crippen molar-refractivity contribution in [3.8, 4) is 5.75 Å². The van der Waals surface area contributed by atoms with E-state index in [0.29, 0.717) is 5.75 Å². The molecule has 1 aromatic carbocycles. The van der Waals surface area contributed by atoms with Crippen LogP contribution in [0.1, 0.15) is 26.3 Å². The van der Waals surface area contributed by atoms with E-state index in [1.807, 2.05) is 12.1 Å². The SMILES string of the molecule is COC(=O)NNC(=O)COc1ccc(C(C)(C)C)cc1Br. The molecule has 0 saturated carbocycles. The number of halogens is 1. The summed E-state index contributed by atoms with van der Waals surface area (Å²) in [6.07, 6.45) is -0.751. The van der Waals surface area contributed by atoms with Crippen molar-refractivity contribution in [2.24, 2.45) is 0 Å². The van der Waals surface area contributed by atoms with Gasteiger partial charge in [-0.05, 0) is 39.0 Å². The molecule has 6 nitrogen and oxygen atoms in total. The fourth-order valence-electron chi connectivity index (χ4n) is 1.44. The van der Waals surface area contributed by atoms with E-state index < -0.39 is 12.0 Å². The van der Waals surface area contributed by atoms with Crippen molar-refractivity contribution in [3.05, 3.63) is 28.2 Å². The molecule has 0 fully saturated rings. The summed E-state index contributed by atoms with van der Waals surface area (Å²) in [5.74, 6) is 0.0587. The molecule has 2 amide bonds. The van der Waals surface area contributed by atoms with E-state index in [-0.39, 0.29) is 12.0 Å². The summed E-state index contributed by atoms with van der Waals surface area (Å²) in [6, 6.07) is 5.70. The van der Waals surface area contributed by atoms with Crippen molar-refractivity contribution in [1.82, 2.24) is 10.9 Å². The molecule has 0 atom stereocenters. The number of rotatable bonds is 3. The Hall–Kier alpha value is -1.76. The maximum absolute atomic E-state index is 11.5. The topological polar surface area (TPSA) is 76.7 Å². The second kappa shape index (κ2) is 7.31. The van der Waals surface area contributed by atoms with Crippen molar-refractivity contribution in [3.63, 3.8) is 0 Å². The van der Waals surface area contributed by atoms with Gasteiger partial charge in [-0.25, -0.2) is 10.2 Å². The summed E-state index contributed by atoms with van der Waals surface area (Å²) in [5, 5.41) is 0. The summed E-state index contributed by atoms with van der Waals surface area (Å²) >= 11 is 3.42. The maximum Gasteiger partial charge on any atom is 0.425 e. The van der Waals surface area contributed by atoms with Crippen LogP contribution in [0, 0.1) is 0 Å². The quantitative estimate of drug-likeness (QED) is 0.813. The Morgan fingerprint density at radius 3 is 2.43 bits per heavy atom. The number of ether oxygens (including phenoxy) is 2. The molecule has 0 aliphatic carbocycles. The van der Waals surface area contributed by atoms with Crippen molar-refractivity contribution >= 4 is 27.9 Å². The fourth-order valence-corrected chi connectivity index (χ4v) is 1.93. The lowest BCUT2D eigenvalue weighted by Gasteiger charge is -2.20. The van der Waals surface area contributed by atoms with Gasteiger partial charge in [-0.1, -0.05) is 26.8 Å². The van der Waals surface area contributed by atoms with E-state index >= 15 is 0 Å². The first-order valence-electron chi connectivity index (χ1n) is 6.29. The van der Waals surface area contributed by atoms with E-state index in [0.717, 1.165) is 10.0 Å². The van der Waals surface area contributed by atoms with Crippen LogP contribution >= 0.6 is 15.9 Å². The van der Waals surface area contributed by atoms with E-state index in [2.05, 4.69) is 52.3 Å². The van der Waals surface area contributed by atoms with Gasteiger partial charge in [0, 0.05) is 0 Å². The van der Waals surface area contributed by atoms with Crippen LogP contribution in [0.25, 0.3) is 0 Å². The minimum Gasteiger partial charge on any atom is -0.483 e. The van der Waals surface area contributed by atoms with Gasteiger partial charge in [-0.2, -0.15) is 0 Å². The van der Waals surface area contributed by atoms with Crippen LogP contribution in [0.5, 0.6) is 5.75 Å². The van der Waals surface area contributed by atoms with Gasteiger partial charge in [0.25, 0.3) is 5.91 Å². The molecule has 0 saturated heterocycles. The third-order valence-corrected chi connectivity index (χ3v) is 3.27. The van der Waals surface area contributed by atoms with Crippen molar-refractivity contribution in [2.45, 2.75) is 26.2 Å². The van der Waals surface area contributed by atoms with E-state index in [1.165, 1.54) is 7.11 Å². The molecule has 0 aromatic heterocycles. The van der Waals surface area contributed by atoms with E-state index in [4.69, 9.17) is 4.74 Å². The maximum atomic E-state index is 11.5. The molecule has 0 unspecified atom stereocenters. The Morgan fingerprint density at radius 2 is 1.90 bits per heavy atom. The van der Waals surface area contributed by atoms with Crippen LogP contribution in [0.2, 0.25) is 0 Å². The number of carbonyl (C=O) groups is 2. The highest BCUT2D eigenvalue weighted by molar-refractivity contribution is 9.10. The van der Waals surface area contributed by atoms with Crippen molar-refractivity contribution in [1.29, 1.82) is 0 Å². The number of amides is 2. The van der Waals surface area contributed by atoms with Crippen LogP contribution in [-0.4, -0.2) is 25.7 Å². The second-order valence-electron chi connectivity index (χ2n) is 5.35. The molecule has 1 rings (SSSR count). The van der Waals surface area contributed by atoms with Gasteiger partial charge in [0.05, 0.1) is 11.6 Å². The van der Waals surface area contributed by atoms with Gasteiger partial charge in [-0.15, -0.1) is 0 Å². The largest absolute Gasteiger partial charge is 0.483 e. The molecule has 21 heavy (non-hydrogen) atoms. The van der Waals surface area contributed by atoms with Crippen LogP contribution in [0.3, 0.4) is 0 Å². The zero-order valence-electron chi connectivity index (χ0n) is 12.5. The molecule has 0 spiro atoms. The number of hydrogen-bond acceptors (Lipinski definition) is 4. The van der Waals surface area contributed by atoms with E-state index in [9.17, 15) is 9.59 Å². The Kier molecular flexibility index (Phi) is 6.02. The highest BCUT2D eigenvalue weighted by Crippen LogP contribution is 2.31. The predicted molar refractivity (Wildman–Crippen MR) is 82.0 cm³/mol. The Labute approximate surface area is 132 Å². The molecule has 0 aliphatic rings. The van der Waals surface area contributed by atoms with Gasteiger partial charge in [0.15, 0.2) is 6.61 Å². The summed E-state index contributed by atoms with van der Waals surface area (Å²) in [6.45, 7) is 6.11. The smallest absolute Gasteiger partial charge is 0.425 e. The lowest BCUT2D eigenvalue weighted by molar-refractivity contribution is -0.123. The van der Waals surface area contributed by atoms with E-state index in [1.54, 1.807) is 6.07 Å². The Bertz CT molecular complexity index is 526. The molecule has 7 heteroatoms. The molecule has 116 valence electrons. The number of hydrazine groups is 1. The minimum absolute atomic E-state index is 0.0306. The van der Waals surface area contributed by atoms with Crippen LogP contribution in [0.4, 0.5) is 4.79 Å². The van der Waals surface area contributed by atoms with Gasteiger partial charge in [0.1, 0.15) is 5.75 Å². The standard InChI is InChI=1S/C14H19BrN2O4/c1-14(2,3)9-5-6-11(10(15)7-9)21-8-12(18)16-17-13(19)20-4/h5-7H,8H2,1-4H3,(H,16,18)(H,17,19). The lowest BCUT2D eigenvalue weighted by Crippen LogP contribution is -2.43. The molecular formula is C14H19BrN2O4. The number of carbonyl (C=O) groups excluding carboxylic acids is 2. The second-order valence-corrected chi connectivity index (χ2v) is 6.20. The Balaban J connectivity index is 2.56. The molecule has 0 radical (unpaired) electrons. The summed E-state index contributed by atoms with van der Waals surface area (Å²) in [7, 11) is 1.20. The van der Waals surface area contributed by atoms with Gasteiger partial charge < -0.3 is 9.47 Å². The number of methoxy groups -OCH3 is 1. The van der Waals surface area contributed by atoms with Crippen molar-refractivity contribution < 1.29 is 19.1 Å². The Morgan fingerprint density at radius 1 is 1.24 bits per heavy atom. The highest BCUT2D eigenvalue weighted by atomic mass is 79.9. The number of nitrogens with one attached hydrogen (secondary N) is 2. The fraction of sp³-hybridized carbons (Fsp3) is 0.429. The third kappa shape index (κ3) is 5.63. The molecular weight excluding hydrogens is 340 g/mol. The summed E-state index contributed by atoms with van der Waals surface area (Å²) in [5.41, 5.74) is 5.40. The first-order chi connectivity index (χ1) is 9.74. The average Bonchev–Trinajstić information content (AvgIpc) is 2.42. The van der Waals surface area contributed by atoms with Crippen LogP contribution in [-0.2, 0) is 14.9 Å². The zero-order chi connectivity index (χ0) is 16.0. The lowest BCUT2D eigenvalue weighted by atomic mass is 9.87. The minimum atomic E-state index is -0.751. The predicted octanol–water partition coefficient (Wildman–Crippen LogP) is 2.51. The molecule has 0 heterocycles. The average molecular weight is 359 g/mol. The molecule has 2 N–H and O–H groups in total. The van der Waals surface area contributed by atoms with Crippen LogP contribution in [0.15, 0.2) is 22.7 Å². The van der Waals surface area contributed by atoms with Gasteiger partial charge in [-0.3, -0.25) is 10.2 Å². The number of benzene rings is 1. The van der Waals surface area contributed by atoms with Gasteiger partial charge >= 0.3 is 6.09 Å². The molecule has 0 aliphatic heterocycles. The monoisotopic (exact) mass is 358 g/mol. The third-order valence-electron chi connectivity index (χ3n) is 2.65. The normalized spacial score (nSPS) is 10.7. The zero-order valence-corrected chi connectivity index (χ0v) is 14.0. The first kappa shape index (κ1) is 17.3. The van der Waals surface area contributed by atoms with Gasteiger partial charge in [0.2, 0.25) is 0 Å². The first-order valence-corrected chi connectivity index (χ1v) is 7.09. The highest BCUT2D eigenvalue weighted by Gasteiger charge is 2.15.